The highest BCUT2D eigenvalue weighted by Crippen LogP contribution is 2.46. The minimum Gasteiger partial charge on any atom is -0.488 e. The molecule has 1 aromatic rings. The molecule has 2 fully saturated rings. The van der Waals surface area contributed by atoms with Crippen LogP contribution in [-0.2, 0) is 4.79 Å². The Bertz CT molecular complexity index is 611. The van der Waals surface area contributed by atoms with Gasteiger partial charge < -0.3 is 9.64 Å². The van der Waals surface area contributed by atoms with Crippen molar-refractivity contribution in [1.82, 2.24) is 9.88 Å². The van der Waals surface area contributed by atoms with E-state index in [1.54, 1.807) is 12.4 Å². The number of hydrogen-bond acceptors (Lipinski definition) is 4. The second-order valence-electron chi connectivity index (χ2n) is 6.76. The lowest BCUT2D eigenvalue weighted by atomic mass is 9.90. The van der Waals surface area contributed by atoms with Crippen LogP contribution in [-0.4, -0.2) is 45.5 Å². The topological polar surface area (TPSA) is 42.4 Å². The van der Waals surface area contributed by atoms with Crippen LogP contribution in [0.1, 0.15) is 32.1 Å². The Morgan fingerprint density at radius 2 is 2.30 bits per heavy atom. The maximum absolute atomic E-state index is 12.5. The molecule has 0 aromatic carbocycles. The summed E-state index contributed by atoms with van der Waals surface area (Å²) < 4.78 is 6.24. The molecule has 0 saturated carbocycles. The van der Waals surface area contributed by atoms with Crippen molar-refractivity contribution < 1.29 is 9.53 Å². The Labute approximate surface area is 141 Å². The highest BCUT2D eigenvalue weighted by molar-refractivity contribution is 8.01. The Balaban J connectivity index is 1.31. The monoisotopic (exact) mass is 330 g/mol. The zero-order valence-corrected chi connectivity index (χ0v) is 14.1. The summed E-state index contributed by atoms with van der Waals surface area (Å²) in [6.45, 7) is 1.75. The van der Waals surface area contributed by atoms with Crippen molar-refractivity contribution in [2.75, 3.05) is 18.8 Å². The first kappa shape index (κ1) is 15.1. The van der Waals surface area contributed by atoms with Gasteiger partial charge in [-0.2, -0.15) is 0 Å². The van der Waals surface area contributed by atoms with Crippen molar-refractivity contribution >= 4 is 17.7 Å². The lowest BCUT2D eigenvalue weighted by Crippen LogP contribution is -2.61. The molecular formula is C18H22N2O2S. The molecule has 4 rings (SSSR count). The maximum Gasteiger partial charge on any atom is 0.249 e. The first-order chi connectivity index (χ1) is 11.2. The number of hydrogen-bond donors (Lipinski definition) is 0. The fraction of sp³-hybridized carbons (Fsp3) is 0.556. The SMILES string of the molecule is O=C(C1=CCCCC1)N1CC2(C[C@H](Oc3cccnc3)CS2)C1. The van der Waals surface area contributed by atoms with Gasteiger partial charge in [0, 0.05) is 37.0 Å². The normalized spacial score (nSPS) is 25.8. The van der Waals surface area contributed by atoms with Crippen molar-refractivity contribution in [3.8, 4) is 5.75 Å². The van der Waals surface area contributed by atoms with E-state index in [-0.39, 0.29) is 16.8 Å². The number of likely N-dealkylation sites (tertiary alicyclic amines) is 1. The molecule has 0 radical (unpaired) electrons. The van der Waals surface area contributed by atoms with Crippen molar-refractivity contribution in [2.45, 2.75) is 43.0 Å². The Hall–Kier alpha value is -1.49. The number of carbonyl (C=O) groups is 1. The zero-order valence-electron chi connectivity index (χ0n) is 13.2. The van der Waals surface area contributed by atoms with E-state index in [0.29, 0.717) is 0 Å². The van der Waals surface area contributed by atoms with Gasteiger partial charge in [0.2, 0.25) is 5.91 Å². The predicted octanol–water partition coefficient (Wildman–Crippen LogP) is 3.05. The molecule has 0 bridgehead atoms. The Kier molecular flexibility index (Phi) is 4.05. The number of thioether (sulfide) groups is 1. The molecule has 0 N–H and O–H groups in total. The number of rotatable bonds is 3. The quantitative estimate of drug-likeness (QED) is 0.854. The Morgan fingerprint density at radius 1 is 1.39 bits per heavy atom. The third-order valence-corrected chi connectivity index (χ3v) is 6.50. The molecule has 1 aromatic heterocycles. The second-order valence-corrected chi connectivity index (χ2v) is 8.25. The van der Waals surface area contributed by atoms with E-state index >= 15 is 0 Å². The molecule has 1 aliphatic carbocycles. The number of ether oxygens (including phenoxy) is 1. The van der Waals surface area contributed by atoms with Crippen LogP contribution in [0.5, 0.6) is 5.75 Å². The molecule has 3 heterocycles. The van der Waals surface area contributed by atoms with E-state index in [1.807, 2.05) is 28.8 Å². The maximum atomic E-state index is 12.5. The molecule has 122 valence electrons. The highest BCUT2D eigenvalue weighted by Gasteiger charge is 2.51. The zero-order chi connectivity index (χ0) is 15.7. The van der Waals surface area contributed by atoms with Crippen molar-refractivity contribution in [3.63, 3.8) is 0 Å². The minimum atomic E-state index is 0.220. The molecule has 3 aliphatic rings. The van der Waals surface area contributed by atoms with Crippen LogP contribution in [0.25, 0.3) is 0 Å². The van der Waals surface area contributed by atoms with Crippen molar-refractivity contribution in [2.24, 2.45) is 0 Å². The lowest BCUT2D eigenvalue weighted by molar-refractivity contribution is -0.132. The van der Waals surface area contributed by atoms with Crippen LogP contribution in [0, 0.1) is 0 Å². The molecule has 23 heavy (non-hydrogen) atoms. The van der Waals surface area contributed by atoms with E-state index in [9.17, 15) is 4.79 Å². The highest BCUT2D eigenvalue weighted by atomic mass is 32.2. The van der Waals surface area contributed by atoms with Gasteiger partial charge in [0.15, 0.2) is 0 Å². The molecule has 1 amide bonds. The van der Waals surface area contributed by atoms with Crippen LogP contribution < -0.4 is 4.74 Å². The van der Waals surface area contributed by atoms with Gasteiger partial charge >= 0.3 is 0 Å². The summed E-state index contributed by atoms with van der Waals surface area (Å²) in [4.78, 5) is 18.6. The van der Waals surface area contributed by atoms with Crippen LogP contribution in [0.15, 0.2) is 36.2 Å². The average Bonchev–Trinajstić information content (AvgIpc) is 2.99. The van der Waals surface area contributed by atoms with E-state index in [2.05, 4.69) is 11.1 Å². The standard InChI is InChI=1S/C18H22N2O2S/c21-17(14-5-2-1-3-6-14)20-12-18(13-20)9-16(11-23-18)22-15-7-4-8-19-10-15/h4-5,7-8,10,16H,1-3,6,9,11-13H2/t16-/m0/s1. The van der Waals surface area contributed by atoms with Crippen molar-refractivity contribution in [1.29, 1.82) is 0 Å². The summed E-state index contributed by atoms with van der Waals surface area (Å²) in [6, 6.07) is 3.85. The van der Waals surface area contributed by atoms with Gasteiger partial charge in [0.25, 0.3) is 0 Å². The third kappa shape index (κ3) is 3.11. The number of pyridine rings is 1. The summed E-state index contributed by atoms with van der Waals surface area (Å²) in [7, 11) is 0. The number of amides is 1. The molecule has 1 atom stereocenters. The Morgan fingerprint density at radius 3 is 3.04 bits per heavy atom. The van der Waals surface area contributed by atoms with Gasteiger partial charge in [0.1, 0.15) is 11.9 Å². The number of allylic oxidation sites excluding steroid dienone is 1. The second kappa shape index (κ2) is 6.19. The van der Waals surface area contributed by atoms with Crippen LogP contribution in [0.4, 0.5) is 0 Å². The summed E-state index contributed by atoms with van der Waals surface area (Å²) in [5.74, 6) is 2.11. The summed E-state index contributed by atoms with van der Waals surface area (Å²) >= 11 is 1.97. The number of nitrogens with zero attached hydrogens (tertiary/aromatic N) is 2. The molecule has 5 heteroatoms. The molecule has 1 spiro atoms. The third-order valence-electron chi connectivity index (χ3n) is 4.92. The smallest absolute Gasteiger partial charge is 0.249 e. The van der Waals surface area contributed by atoms with E-state index in [4.69, 9.17) is 4.74 Å². The van der Waals surface area contributed by atoms with Gasteiger partial charge in [-0.05, 0) is 37.8 Å². The van der Waals surface area contributed by atoms with Crippen LogP contribution in [0.3, 0.4) is 0 Å². The van der Waals surface area contributed by atoms with Crippen LogP contribution >= 0.6 is 11.8 Å². The van der Waals surface area contributed by atoms with Crippen molar-refractivity contribution in [3.05, 3.63) is 36.2 Å². The largest absolute Gasteiger partial charge is 0.488 e. The average molecular weight is 330 g/mol. The summed E-state index contributed by atoms with van der Waals surface area (Å²) in [5.41, 5.74) is 1.04. The molecule has 2 aliphatic heterocycles. The first-order valence-corrected chi connectivity index (χ1v) is 9.42. The van der Waals surface area contributed by atoms with Gasteiger partial charge in [-0.3, -0.25) is 9.78 Å². The summed E-state index contributed by atoms with van der Waals surface area (Å²) in [6.07, 6.45) is 11.3. The number of aromatic nitrogens is 1. The van der Waals surface area contributed by atoms with Gasteiger partial charge in [0.05, 0.1) is 10.9 Å². The fourth-order valence-electron chi connectivity index (χ4n) is 3.74. The first-order valence-electron chi connectivity index (χ1n) is 8.43. The lowest BCUT2D eigenvalue weighted by Gasteiger charge is -2.47. The predicted molar refractivity (Wildman–Crippen MR) is 91.6 cm³/mol. The molecule has 0 unspecified atom stereocenters. The van der Waals surface area contributed by atoms with E-state index < -0.39 is 0 Å². The number of carbonyl (C=O) groups excluding carboxylic acids is 1. The fourth-order valence-corrected chi connectivity index (χ4v) is 5.26. The van der Waals surface area contributed by atoms with Gasteiger partial charge in [-0.1, -0.05) is 6.08 Å². The molecule has 2 saturated heterocycles. The molecular weight excluding hydrogens is 308 g/mol. The van der Waals surface area contributed by atoms with E-state index in [1.165, 1.54) is 6.42 Å². The minimum absolute atomic E-state index is 0.220. The van der Waals surface area contributed by atoms with E-state index in [0.717, 1.165) is 55.8 Å². The van der Waals surface area contributed by atoms with Gasteiger partial charge in [-0.25, -0.2) is 0 Å². The molecule has 4 nitrogen and oxygen atoms in total. The summed E-state index contributed by atoms with van der Waals surface area (Å²) in [5, 5.41) is 0. The van der Waals surface area contributed by atoms with Gasteiger partial charge in [-0.15, -0.1) is 11.8 Å². The van der Waals surface area contributed by atoms with Crippen LogP contribution in [0.2, 0.25) is 0 Å².